The van der Waals surface area contributed by atoms with E-state index in [1.165, 1.54) is 139 Å². The van der Waals surface area contributed by atoms with Gasteiger partial charge in [-0.1, -0.05) is 109 Å². The van der Waals surface area contributed by atoms with Gasteiger partial charge in [0.15, 0.2) is 62.7 Å². The van der Waals surface area contributed by atoms with Crippen molar-refractivity contribution >= 4 is 92.7 Å². The number of amides is 1. The molecule has 0 spiro atoms. The molecule has 4 aliphatic rings. The molecule has 33 nitrogen and oxygen atoms in total. The first-order chi connectivity index (χ1) is 66.9. The molecule has 12 heterocycles. The topological polar surface area (TPSA) is 417 Å². The molecule has 138 heavy (non-hydrogen) atoms. The molecule has 18 rings (SSSR count). The van der Waals surface area contributed by atoms with Crippen LogP contribution >= 0.6 is 0 Å². The predicted molar refractivity (Wildman–Crippen MR) is 499 cm³/mol. The molecule has 6 aromatic carbocycles. The number of hydrogen-bond donors (Lipinski definition) is 5. The molecule has 0 saturated carbocycles. The first-order valence-corrected chi connectivity index (χ1v) is 42.9. The molecular weight excluding hydrogens is 1800 g/mol. The second-order valence-corrected chi connectivity index (χ2v) is 30.5. The van der Waals surface area contributed by atoms with Crippen molar-refractivity contribution in [1.29, 1.82) is 0 Å². The van der Waals surface area contributed by atoms with E-state index in [1.54, 1.807) is 81.7 Å². The summed E-state index contributed by atoms with van der Waals surface area (Å²) in [6, 6.07) is 42.7. The summed E-state index contributed by atoms with van der Waals surface area (Å²) < 4.78 is 125. The number of esters is 3. The molecule has 0 bridgehead atoms. The monoisotopic (exact) mass is 1890 g/mol. The van der Waals surface area contributed by atoms with Crippen LogP contribution in [0.4, 0.5) is 17.6 Å². The smallest absolute Gasteiger partial charge is 0.347 e. The fourth-order valence-corrected chi connectivity index (χ4v) is 15.3. The lowest BCUT2D eigenvalue weighted by Gasteiger charge is -2.24. The van der Waals surface area contributed by atoms with Gasteiger partial charge in [-0.15, -0.1) is 0 Å². The van der Waals surface area contributed by atoms with E-state index in [-0.39, 0.29) is 149 Å². The number of benzene rings is 6. The normalized spacial score (nSPS) is 12.1. The Labute approximate surface area is 782 Å². The van der Waals surface area contributed by atoms with Gasteiger partial charge in [-0.25, -0.2) is 31.9 Å². The van der Waals surface area contributed by atoms with Crippen molar-refractivity contribution in [1.82, 2.24) is 43.5 Å². The van der Waals surface area contributed by atoms with E-state index in [2.05, 4.69) is 31.0 Å². The molecule has 1 amide bonds. The van der Waals surface area contributed by atoms with Crippen LogP contribution in [0.3, 0.4) is 0 Å². The highest BCUT2D eigenvalue weighted by Crippen LogP contribution is 2.45. The Morgan fingerprint density at radius 3 is 0.935 bits per heavy atom. The summed E-state index contributed by atoms with van der Waals surface area (Å²) in [5.74, 6) is -3.39. The third-order valence-electron chi connectivity index (χ3n) is 21.4. The fourth-order valence-electron chi connectivity index (χ4n) is 15.3. The number of nitrogens with zero attached hydrogens (tertiary/aromatic N) is 8. The Bertz CT molecular complexity index is 7400. The second kappa shape index (κ2) is 44.1. The molecule has 37 heteroatoms. The zero-order valence-electron chi connectivity index (χ0n) is 75.5. The van der Waals surface area contributed by atoms with Gasteiger partial charge in [-0.3, -0.25) is 62.2 Å². The van der Waals surface area contributed by atoms with Crippen LogP contribution in [0.15, 0.2) is 225 Å². The maximum atomic E-state index is 13.8. The van der Waals surface area contributed by atoms with E-state index in [0.29, 0.717) is 88.0 Å². The highest BCUT2D eigenvalue weighted by atomic mass is 19.1. The molecule has 0 saturated heterocycles. The van der Waals surface area contributed by atoms with Crippen LogP contribution in [0.25, 0.3) is 68.9 Å². The molecule has 14 aromatic rings. The number of aromatic hydroxyl groups is 2. The van der Waals surface area contributed by atoms with E-state index in [9.17, 15) is 71.2 Å². The largest absolute Gasteiger partial charge is 0.505 e. The number of carbonyl (C=O) groups excluding carboxylic acids is 4. The number of pyridine rings is 8. The van der Waals surface area contributed by atoms with Gasteiger partial charge in [0, 0.05) is 101 Å². The number of carbonyl (C=O) groups is 4. The van der Waals surface area contributed by atoms with Crippen molar-refractivity contribution in [3.05, 3.63) is 348 Å². The number of methoxy groups -OCH3 is 3. The van der Waals surface area contributed by atoms with Crippen LogP contribution in [-0.2, 0) is 67.3 Å². The van der Waals surface area contributed by atoms with Gasteiger partial charge in [-0.2, -0.15) is 0 Å². The average molecular weight is 1890 g/mol. The van der Waals surface area contributed by atoms with Crippen molar-refractivity contribution in [2.24, 2.45) is 5.73 Å². The summed E-state index contributed by atoms with van der Waals surface area (Å²) in [6.07, 6.45) is 13.1. The lowest BCUT2D eigenvalue weighted by Crippen LogP contribution is -2.32. The number of hydrogen-bond acceptors (Lipinski definition) is 28. The quantitative estimate of drug-likeness (QED) is 0.0173. The predicted octanol–water partition coefficient (Wildman–Crippen LogP) is 13.2. The van der Waals surface area contributed by atoms with Crippen LogP contribution in [0.1, 0.15) is 118 Å². The molecule has 4 aliphatic heterocycles. The Morgan fingerprint density at radius 2 is 0.638 bits per heavy atom. The maximum Gasteiger partial charge on any atom is 0.347 e. The lowest BCUT2D eigenvalue weighted by atomic mass is 10.0. The minimum Gasteiger partial charge on any atom is -0.505 e. The van der Waals surface area contributed by atoms with E-state index in [4.69, 9.17) is 56.8 Å². The summed E-state index contributed by atoms with van der Waals surface area (Å²) >= 11 is 0. The van der Waals surface area contributed by atoms with Crippen LogP contribution in [0.2, 0.25) is 0 Å². The number of nitrogens with two attached hydrogens (primary N) is 1. The molecule has 710 valence electrons. The Balaban J connectivity index is 0.000000147. The van der Waals surface area contributed by atoms with Gasteiger partial charge in [0.1, 0.15) is 136 Å². The van der Waals surface area contributed by atoms with Gasteiger partial charge in [-0.05, 0) is 110 Å². The number of halogens is 4. The minimum absolute atomic E-state index is 0.0161. The molecule has 8 aromatic heterocycles. The number of nitrogens with one attached hydrogen (secondary N) is 1. The first-order valence-electron chi connectivity index (χ1n) is 42.9. The summed E-state index contributed by atoms with van der Waals surface area (Å²) in [5, 5.41) is 33.4. The van der Waals surface area contributed by atoms with E-state index < -0.39 is 75.3 Å². The summed E-state index contributed by atoms with van der Waals surface area (Å²) in [6.45, 7) is 5.03. The molecule has 0 aliphatic carbocycles. The third kappa shape index (κ3) is 20.9. The Hall–Kier alpha value is -16.5. The van der Waals surface area contributed by atoms with Gasteiger partial charge in [0.25, 0.3) is 28.1 Å². The molecule has 0 radical (unpaired) electrons. The number of aliphatic hydroxyl groups is 1. The zero-order valence-corrected chi connectivity index (χ0v) is 75.5. The second-order valence-electron chi connectivity index (χ2n) is 30.5. The first kappa shape index (κ1) is 97.5. The summed E-state index contributed by atoms with van der Waals surface area (Å²) in [4.78, 5) is 122. The van der Waals surface area contributed by atoms with E-state index in [1.807, 2.05) is 60.7 Å². The van der Waals surface area contributed by atoms with Gasteiger partial charge < -0.3 is 83.2 Å². The van der Waals surface area contributed by atoms with Crippen LogP contribution < -0.4 is 61.7 Å². The fraction of sp³-hybridized carbons (Fsp3) is 0.208. The zero-order chi connectivity index (χ0) is 98.1. The standard InChI is InChI=1S/C29H25FN2O6.C28H23FN2O6.C22H19FN2O6.C21H18FN3O5.CH5N/c1-3-36-29(34)23-27(37-16-19-7-5-4-6-8-19)24-25-26(38-22(17-35-2)15-32(25)28(23)33)20(14-31-24)13-18-9-11-21(30)12-10-18;1-2-35-28(34)22-26(36-16-18-6-4-3-5-7-18)23-24-25(37-21(15-32)14-31(24)27(22)33)19(13-30-23)12-17-8-10-20(29)11-9-17;1-3-30-22(28)16-19(26)17-18-20(31-15(11-29-2)10-25(18)21(16)27)13(9-24-17)8-12-4-6-14(23)7-5-12;1-23-20(27)15-18(26)16-17-19(30-14(10-29-2)9-25(17)21(15)28)12(8-24-16)7-11-3-5-13(22)6-4-11;1-2/h4-12,14-15H,3,13,16-17H2,1-2H3;3-11,13-14,32H,2,12,15-16H2,1H3;4-7,9-10,26H,3,8,11H2,1-2H3;3-6,8-9,26H,7,10H2,1-2H3,(H,23,27);2H2,1H3. The van der Waals surface area contributed by atoms with Crippen molar-refractivity contribution in [2.45, 2.75) is 59.7 Å². The SMILES string of the molecule is CCOC(=O)c1c(O)c2ncc(Cc3ccc(F)cc3)c3c2n(c1=O)C=C(COC)O3.CCOC(=O)c1c(OCc2ccccc2)c2ncc(Cc3ccc(F)cc3)c3c2n(c1=O)C=C(CO)O3.CCOC(=O)c1c(OCc2ccccc2)c2ncc(Cc3ccc(F)cc3)c3c2n(c1=O)C=C(COC)O3.CN.CNC(=O)c1c(O)c2ncc(Cc3ccc(F)cc3)c3c2n(c1=O)C=C(COC)O3. The Morgan fingerprint density at radius 1 is 0.370 bits per heavy atom. The highest BCUT2D eigenvalue weighted by Gasteiger charge is 2.36. The Kier molecular flexibility index (Phi) is 31.2. The van der Waals surface area contributed by atoms with Gasteiger partial charge in [0.05, 0.1) is 44.6 Å². The van der Waals surface area contributed by atoms with E-state index in [0.717, 1.165) is 33.4 Å². The lowest BCUT2D eigenvalue weighted by molar-refractivity contribution is 0.0509. The molecule has 0 unspecified atom stereocenters. The molecule has 0 fully saturated rings. The van der Waals surface area contributed by atoms with Gasteiger partial charge >= 0.3 is 17.9 Å². The molecule has 0 atom stereocenters. The molecule has 6 N–H and O–H groups in total. The maximum absolute atomic E-state index is 13.8. The van der Waals surface area contributed by atoms with E-state index >= 15 is 0 Å². The van der Waals surface area contributed by atoms with Crippen molar-refractivity contribution in [3.8, 4) is 46.0 Å². The number of aliphatic hydroxyl groups excluding tert-OH is 1. The van der Waals surface area contributed by atoms with Gasteiger partial charge in [0.2, 0.25) is 0 Å². The summed E-state index contributed by atoms with van der Waals surface area (Å²) in [5.41, 5.74) is 9.30. The van der Waals surface area contributed by atoms with Crippen LogP contribution in [-0.4, -0.2) is 159 Å². The summed E-state index contributed by atoms with van der Waals surface area (Å²) in [7, 11) is 7.33. The molecular formula is C101H90F4N10O23. The average Bonchev–Trinajstić information content (AvgIpc) is 0.718. The van der Waals surface area contributed by atoms with Crippen LogP contribution in [0.5, 0.6) is 46.0 Å². The number of rotatable bonds is 28. The van der Waals surface area contributed by atoms with Crippen molar-refractivity contribution in [3.63, 3.8) is 0 Å². The minimum atomic E-state index is -0.942. The van der Waals surface area contributed by atoms with Crippen molar-refractivity contribution in [2.75, 3.05) is 81.7 Å². The van der Waals surface area contributed by atoms with Crippen LogP contribution in [0, 0.1) is 23.3 Å². The van der Waals surface area contributed by atoms with Crippen molar-refractivity contribution < 1.29 is 109 Å². The number of ether oxygens (including phenoxy) is 12. The highest BCUT2D eigenvalue weighted by molar-refractivity contribution is 6.05. The number of aromatic nitrogens is 8. The third-order valence-corrected chi connectivity index (χ3v) is 21.4.